The van der Waals surface area contributed by atoms with Crippen LogP contribution in [0.15, 0.2) is 16.6 Å². The van der Waals surface area contributed by atoms with Crippen molar-refractivity contribution in [1.29, 1.82) is 0 Å². The molecular formula is C11H16ClN3O3S2. The van der Waals surface area contributed by atoms with Gasteiger partial charge in [-0.2, -0.15) is 4.31 Å². The minimum atomic E-state index is -3.73. The van der Waals surface area contributed by atoms with Crippen LogP contribution < -0.4 is 0 Å². The van der Waals surface area contributed by atoms with E-state index in [2.05, 4.69) is 4.98 Å². The molecule has 2 heterocycles. The Morgan fingerprint density at radius 1 is 1.60 bits per heavy atom. The van der Waals surface area contributed by atoms with E-state index in [1.807, 2.05) is 0 Å². The average molecular weight is 338 g/mol. The standard InChI is InChI=1S/C11H16ClN3O3S2/c1-4-15(8(2)7-18-3)20(16,17)10-9(12)13-11-14(10)5-6-19-11/h5-6,8H,4,7H2,1-3H3. The number of sulfonamides is 1. The summed E-state index contributed by atoms with van der Waals surface area (Å²) in [4.78, 5) is 4.63. The van der Waals surface area contributed by atoms with Crippen molar-refractivity contribution in [2.75, 3.05) is 20.3 Å². The van der Waals surface area contributed by atoms with Crippen molar-refractivity contribution in [3.05, 3.63) is 16.7 Å². The number of hydrogen-bond acceptors (Lipinski definition) is 5. The molecule has 0 fully saturated rings. The molecule has 1 atom stereocenters. The molecule has 2 aromatic rings. The SMILES string of the molecule is CCN(C(C)COC)S(=O)(=O)c1c(Cl)nc2sccn12. The summed E-state index contributed by atoms with van der Waals surface area (Å²) in [5.41, 5.74) is 0. The van der Waals surface area contributed by atoms with E-state index in [-0.39, 0.29) is 16.2 Å². The van der Waals surface area contributed by atoms with Crippen LogP contribution >= 0.6 is 22.9 Å². The van der Waals surface area contributed by atoms with Crippen molar-refractivity contribution >= 4 is 37.9 Å². The first-order valence-corrected chi connectivity index (χ1v) is 8.75. The molecule has 0 bridgehead atoms. The van der Waals surface area contributed by atoms with Crippen LogP contribution in [-0.2, 0) is 14.8 Å². The molecule has 0 saturated heterocycles. The smallest absolute Gasteiger partial charge is 0.262 e. The Balaban J connectivity index is 2.53. The Morgan fingerprint density at radius 3 is 2.90 bits per heavy atom. The topological polar surface area (TPSA) is 63.9 Å². The minimum absolute atomic E-state index is 0.0000770. The van der Waals surface area contributed by atoms with Crippen LogP contribution in [0, 0.1) is 0 Å². The van der Waals surface area contributed by atoms with E-state index in [0.717, 1.165) is 0 Å². The highest BCUT2D eigenvalue weighted by atomic mass is 35.5. The van der Waals surface area contributed by atoms with Crippen LogP contribution in [-0.4, -0.2) is 48.4 Å². The molecule has 2 aromatic heterocycles. The number of methoxy groups -OCH3 is 1. The number of halogens is 1. The fourth-order valence-corrected chi connectivity index (χ4v) is 5.16. The Labute approximate surface area is 127 Å². The second-order valence-corrected chi connectivity index (χ2v) is 7.31. The zero-order chi connectivity index (χ0) is 14.9. The Bertz CT molecular complexity index is 695. The second kappa shape index (κ2) is 5.98. The lowest BCUT2D eigenvalue weighted by Crippen LogP contribution is -2.41. The van der Waals surface area contributed by atoms with Crippen LogP contribution in [0.4, 0.5) is 0 Å². The molecule has 112 valence electrons. The summed E-state index contributed by atoms with van der Waals surface area (Å²) in [7, 11) is -2.19. The number of nitrogens with zero attached hydrogens (tertiary/aromatic N) is 3. The zero-order valence-corrected chi connectivity index (χ0v) is 13.8. The highest BCUT2D eigenvalue weighted by Gasteiger charge is 2.33. The molecule has 0 N–H and O–H groups in total. The molecule has 6 nitrogen and oxygen atoms in total. The number of ether oxygens (including phenoxy) is 1. The monoisotopic (exact) mass is 337 g/mol. The molecule has 0 spiro atoms. The normalized spacial score (nSPS) is 14.2. The summed E-state index contributed by atoms with van der Waals surface area (Å²) in [6.07, 6.45) is 1.65. The van der Waals surface area contributed by atoms with Gasteiger partial charge >= 0.3 is 0 Å². The molecule has 0 radical (unpaired) electrons. The van der Waals surface area contributed by atoms with E-state index in [1.165, 1.54) is 20.0 Å². The molecule has 0 aromatic carbocycles. The van der Waals surface area contributed by atoms with Gasteiger partial charge in [0.15, 0.2) is 15.1 Å². The number of aromatic nitrogens is 2. The first kappa shape index (κ1) is 15.7. The lowest BCUT2D eigenvalue weighted by atomic mass is 10.4. The van der Waals surface area contributed by atoms with Gasteiger partial charge in [-0.15, -0.1) is 11.3 Å². The third-order valence-electron chi connectivity index (χ3n) is 2.94. The maximum absolute atomic E-state index is 12.8. The fraction of sp³-hybridized carbons (Fsp3) is 0.545. The van der Waals surface area contributed by atoms with Crippen molar-refractivity contribution in [3.63, 3.8) is 0 Å². The van der Waals surface area contributed by atoms with Gasteiger partial charge in [0.25, 0.3) is 10.0 Å². The van der Waals surface area contributed by atoms with E-state index in [1.54, 1.807) is 32.5 Å². The first-order valence-electron chi connectivity index (χ1n) is 6.05. The van der Waals surface area contributed by atoms with Crippen LogP contribution in [0.1, 0.15) is 13.8 Å². The highest BCUT2D eigenvalue weighted by molar-refractivity contribution is 7.89. The molecule has 0 saturated carbocycles. The Kier molecular flexibility index (Phi) is 4.70. The summed E-state index contributed by atoms with van der Waals surface area (Å²) in [6, 6.07) is -0.282. The van der Waals surface area contributed by atoms with Gasteiger partial charge in [-0.3, -0.25) is 4.40 Å². The molecule has 0 aliphatic carbocycles. The van der Waals surface area contributed by atoms with Crippen molar-refractivity contribution < 1.29 is 13.2 Å². The van der Waals surface area contributed by atoms with Gasteiger partial charge in [0.05, 0.1) is 6.61 Å². The van der Waals surface area contributed by atoms with Gasteiger partial charge in [0.2, 0.25) is 0 Å². The first-order chi connectivity index (χ1) is 9.43. The van der Waals surface area contributed by atoms with Crippen molar-refractivity contribution in [3.8, 4) is 0 Å². The average Bonchev–Trinajstić information content (AvgIpc) is 2.88. The van der Waals surface area contributed by atoms with Gasteiger partial charge in [0, 0.05) is 31.3 Å². The molecule has 1 unspecified atom stereocenters. The molecule has 0 aliphatic heterocycles. The van der Waals surface area contributed by atoms with Crippen molar-refractivity contribution in [1.82, 2.24) is 13.7 Å². The summed E-state index contributed by atoms with van der Waals surface area (Å²) < 4.78 is 33.5. The Morgan fingerprint density at radius 2 is 2.30 bits per heavy atom. The zero-order valence-electron chi connectivity index (χ0n) is 11.4. The van der Waals surface area contributed by atoms with Gasteiger partial charge in [-0.1, -0.05) is 18.5 Å². The minimum Gasteiger partial charge on any atom is -0.383 e. The predicted octanol–water partition coefficient (Wildman–Crippen LogP) is 2.09. The summed E-state index contributed by atoms with van der Waals surface area (Å²) in [5.74, 6) is 0. The predicted molar refractivity (Wildman–Crippen MR) is 79.0 cm³/mol. The number of likely N-dealkylation sites (N-methyl/N-ethyl adjacent to an activating group) is 1. The van der Waals surface area contributed by atoms with Crippen LogP contribution in [0.3, 0.4) is 0 Å². The number of fused-ring (bicyclic) bond motifs is 1. The molecule has 0 aliphatic rings. The summed E-state index contributed by atoms with van der Waals surface area (Å²) >= 11 is 7.35. The van der Waals surface area contributed by atoms with Gasteiger partial charge in [-0.25, -0.2) is 13.4 Å². The maximum Gasteiger partial charge on any atom is 0.262 e. The van der Waals surface area contributed by atoms with E-state index >= 15 is 0 Å². The number of imidazole rings is 1. The van der Waals surface area contributed by atoms with Crippen LogP contribution in [0.2, 0.25) is 5.15 Å². The van der Waals surface area contributed by atoms with Crippen molar-refractivity contribution in [2.45, 2.75) is 24.9 Å². The van der Waals surface area contributed by atoms with E-state index in [9.17, 15) is 8.42 Å². The van der Waals surface area contributed by atoms with Crippen molar-refractivity contribution in [2.24, 2.45) is 0 Å². The summed E-state index contributed by atoms with van der Waals surface area (Å²) in [5, 5.41) is 1.78. The lowest BCUT2D eigenvalue weighted by Gasteiger charge is -2.26. The number of hydrogen-bond donors (Lipinski definition) is 0. The third-order valence-corrected chi connectivity index (χ3v) is 6.19. The third kappa shape index (κ3) is 2.58. The molecular weight excluding hydrogens is 322 g/mol. The highest BCUT2D eigenvalue weighted by Crippen LogP contribution is 2.28. The van der Waals surface area contributed by atoms with E-state index in [4.69, 9.17) is 16.3 Å². The van der Waals surface area contributed by atoms with Gasteiger partial charge in [0.1, 0.15) is 0 Å². The molecule has 9 heteroatoms. The van der Waals surface area contributed by atoms with Gasteiger partial charge < -0.3 is 4.74 Å². The largest absolute Gasteiger partial charge is 0.383 e. The van der Waals surface area contributed by atoms with E-state index < -0.39 is 10.0 Å². The number of thiazole rings is 1. The quantitative estimate of drug-likeness (QED) is 0.809. The van der Waals surface area contributed by atoms with Crippen LogP contribution in [0.5, 0.6) is 0 Å². The van der Waals surface area contributed by atoms with E-state index in [0.29, 0.717) is 18.1 Å². The molecule has 2 rings (SSSR count). The number of rotatable bonds is 6. The van der Waals surface area contributed by atoms with Crippen LogP contribution in [0.25, 0.3) is 4.96 Å². The summed E-state index contributed by atoms with van der Waals surface area (Å²) in [6.45, 7) is 4.23. The molecule has 0 amide bonds. The lowest BCUT2D eigenvalue weighted by molar-refractivity contribution is 0.142. The maximum atomic E-state index is 12.8. The Hall–Kier alpha value is -0.670. The second-order valence-electron chi connectivity index (χ2n) is 4.28. The molecule has 20 heavy (non-hydrogen) atoms. The van der Waals surface area contributed by atoms with Gasteiger partial charge in [-0.05, 0) is 6.92 Å². The fourth-order valence-electron chi connectivity index (χ4n) is 2.12.